The molecule has 1 amide bonds. The Morgan fingerprint density at radius 1 is 1.32 bits per heavy atom. The van der Waals surface area contributed by atoms with E-state index in [0.717, 1.165) is 31.5 Å². The number of carbonyl (C=O) groups is 1. The Balaban J connectivity index is 1.52. The van der Waals surface area contributed by atoms with Gasteiger partial charge in [0.25, 0.3) is 0 Å². The van der Waals surface area contributed by atoms with Crippen LogP contribution in [0, 0.1) is 5.82 Å². The van der Waals surface area contributed by atoms with Crippen molar-refractivity contribution in [2.75, 3.05) is 13.1 Å². The predicted molar refractivity (Wildman–Crippen MR) is 96.1 cm³/mol. The minimum absolute atomic E-state index is 0.0894. The van der Waals surface area contributed by atoms with Crippen molar-refractivity contribution in [3.05, 3.63) is 71.8 Å². The highest BCUT2D eigenvalue weighted by Crippen LogP contribution is 2.15. The summed E-state index contributed by atoms with van der Waals surface area (Å²) in [7, 11) is 0. The van der Waals surface area contributed by atoms with Crippen molar-refractivity contribution in [3.63, 3.8) is 0 Å². The van der Waals surface area contributed by atoms with E-state index in [-0.39, 0.29) is 17.8 Å². The SMILES string of the molecule is O=C(C=Cc1cccnc1)NC1CCCN(Cc2ccccc2F)C1. The molecule has 1 aliphatic rings. The second-order valence-corrected chi connectivity index (χ2v) is 6.29. The molecule has 0 saturated carbocycles. The van der Waals surface area contributed by atoms with E-state index in [1.54, 1.807) is 24.5 Å². The van der Waals surface area contributed by atoms with E-state index in [0.29, 0.717) is 12.1 Å². The number of hydrogen-bond donors (Lipinski definition) is 1. The number of piperidine rings is 1. The van der Waals surface area contributed by atoms with Crippen molar-refractivity contribution in [1.82, 2.24) is 15.2 Å². The first-order valence-electron chi connectivity index (χ1n) is 8.55. The zero-order chi connectivity index (χ0) is 17.5. The summed E-state index contributed by atoms with van der Waals surface area (Å²) in [6.45, 7) is 2.23. The van der Waals surface area contributed by atoms with Crippen molar-refractivity contribution in [2.45, 2.75) is 25.4 Å². The summed E-state index contributed by atoms with van der Waals surface area (Å²) in [5.41, 5.74) is 1.59. The van der Waals surface area contributed by atoms with Crippen LogP contribution in [0.1, 0.15) is 24.0 Å². The zero-order valence-electron chi connectivity index (χ0n) is 14.1. The maximum Gasteiger partial charge on any atom is 0.244 e. The Kier molecular flexibility index (Phi) is 5.90. The van der Waals surface area contributed by atoms with E-state index in [2.05, 4.69) is 15.2 Å². The summed E-state index contributed by atoms with van der Waals surface area (Å²) in [6, 6.07) is 10.7. The molecule has 1 aromatic heterocycles. The summed E-state index contributed by atoms with van der Waals surface area (Å²) >= 11 is 0. The molecule has 130 valence electrons. The maximum absolute atomic E-state index is 13.8. The van der Waals surface area contributed by atoms with Crippen LogP contribution >= 0.6 is 0 Å². The third-order valence-corrected chi connectivity index (χ3v) is 4.32. The number of halogens is 1. The third kappa shape index (κ3) is 5.22. The van der Waals surface area contributed by atoms with Crippen molar-refractivity contribution >= 4 is 12.0 Å². The van der Waals surface area contributed by atoms with E-state index in [1.165, 1.54) is 12.1 Å². The number of pyridine rings is 1. The van der Waals surface area contributed by atoms with Gasteiger partial charge in [-0.2, -0.15) is 0 Å². The molecule has 0 bridgehead atoms. The van der Waals surface area contributed by atoms with Crippen LogP contribution in [-0.4, -0.2) is 34.9 Å². The minimum atomic E-state index is -0.173. The van der Waals surface area contributed by atoms with Crippen LogP contribution in [0.4, 0.5) is 4.39 Å². The zero-order valence-corrected chi connectivity index (χ0v) is 14.1. The fraction of sp³-hybridized carbons (Fsp3) is 0.300. The van der Waals surface area contributed by atoms with Gasteiger partial charge in [0.05, 0.1) is 0 Å². The van der Waals surface area contributed by atoms with Gasteiger partial charge in [0.15, 0.2) is 0 Å². The van der Waals surface area contributed by atoms with Crippen molar-refractivity contribution < 1.29 is 9.18 Å². The highest BCUT2D eigenvalue weighted by atomic mass is 19.1. The Bertz CT molecular complexity index is 733. The molecule has 0 spiro atoms. The lowest BCUT2D eigenvalue weighted by Gasteiger charge is -2.33. The molecule has 1 aromatic carbocycles. The predicted octanol–water partition coefficient (Wildman–Crippen LogP) is 3.01. The fourth-order valence-electron chi connectivity index (χ4n) is 3.08. The van der Waals surface area contributed by atoms with Gasteiger partial charge in [0.2, 0.25) is 5.91 Å². The lowest BCUT2D eigenvalue weighted by atomic mass is 10.0. The number of rotatable bonds is 5. The van der Waals surface area contributed by atoms with Gasteiger partial charge in [0.1, 0.15) is 5.82 Å². The van der Waals surface area contributed by atoms with Gasteiger partial charge in [-0.25, -0.2) is 4.39 Å². The molecule has 1 fully saturated rings. The lowest BCUT2D eigenvalue weighted by Crippen LogP contribution is -2.47. The average Bonchev–Trinajstić information content (AvgIpc) is 2.63. The molecular formula is C20H22FN3O. The summed E-state index contributed by atoms with van der Waals surface area (Å²) in [6.07, 6.45) is 8.63. The average molecular weight is 339 g/mol. The maximum atomic E-state index is 13.8. The van der Waals surface area contributed by atoms with Crippen LogP contribution in [0.15, 0.2) is 54.9 Å². The highest BCUT2D eigenvalue weighted by molar-refractivity contribution is 5.91. The fourth-order valence-corrected chi connectivity index (χ4v) is 3.08. The van der Waals surface area contributed by atoms with Crippen molar-refractivity contribution in [3.8, 4) is 0 Å². The van der Waals surface area contributed by atoms with E-state index in [1.807, 2.05) is 24.3 Å². The first-order chi connectivity index (χ1) is 12.2. The number of carbonyl (C=O) groups excluding carboxylic acids is 1. The topological polar surface area (TPSA) is 45.2 Å². The van der Waals surface area contributed by atoms with Crippen LogP contribution in [-0.2, 0) is 11.3 Å². The Morgan fingerprint density at radius 3 is 3.00 bits per heavy atom. The van der Waals surface area contributed by atoms with Gasteiger partial charge in [-0.3, -0.25) is 14.7 Å². The van der Waals surface area contributed by atoms with Gasteiger partial charge >= 0.3 is 0 Å². The number of aromatic nitrogens is 1. The number of benzene rings is 1. The molecule has 1 atom stereocenters. The molecule has 0 radical (unpaired) electrons. The third-order valence-electron chi connectivity index (χ3n) is 4.32. The molecule has 2 aromatic rings. The quantitative estimate of drug-likeness (QED) is 0.852. The molecule has 0 aliphatic carbocycles. The van der Waals surface area contributed by atoms with Gasteiger partial charge < -0.3 is 5.32 Å². The molecule has 25 heavy (non-hydrogen) atoms. The monoisotopic (exact) mass is 339 g/mol. The normalized spacial score (nSPS) is 18.4. The summed E-state index contributed by atoms with van der Waals surface area (Å²) in [5, 5.41) is 3.04. The molecule has 1 N–H and O–H groups in total. The van der Waals surface area contributed by atoms with Crippen LogP contribution < -0.4 is 5.32 Å². The summed E-state index contributed by atoms with van der Waals surface area (Å²) in [5.74, 6) is -0.283. The molecule has 3 rings (SSSR count). The second kappa shape index (κ2) is 8.53. The van der Waals surface area contributed by atoms with Gasteiger partial charge in [-0.15, -0.1) is 0 Å². The number of likely N-dealkylation sites (tertiary alicyclic amines) is 1. The van der Waals surface area contributed by atoms with Crippen LogP contribution in [0.3, 0.4) is 0 Å². The molecule has 5 heteroatoms. The van der Waals surface area contributed by atoms with E-state index in [4.69, 9.17) is 0 Å². The number of nitrogens with one attached hydrogen (secondary N) is 1. The lowest BCUT2D eigenvalue weighted by molar-refractivity contribution is -0.117. The Morgan fingerprint density at radius 2 is 2.20 bits per heavy atom. The van der Waals surface area contributed by atoms with E-state index >= 15 is 0 Å². The summed E-state index contributed by atoms with van der Waals surface area (Å²) in [4.78, 5) is 18.3. The molecule has 1 unspecified atom stereocenters. The number of hydrogen-bond acceptors (Lipinski definition) is 3. The number of amides is 1. The van der Waals surface area contributed by atoms with E-state index in [9.17, 15) is 9.18 Å². The van der Waals surface area contributed by atoms with Gasteiger partial charge in [-0.05, 0) is 43.2 Å². The number of nitrogens with zero attached hydrogens (tertiary/aromatic N) is 2. The first kappa shape index (κ1) is 17.3. The summed E-state index contributed by atoms with van der Waals surface area (Å²) < 4.78 is 13.8. The highest BCUT2D eigenvalue weighted by Gasteiger charge is 2.21. The van der Waals surface area contributed by atoms with Crippen molar-refractivity contribution in [1.29, 1.82) is 0 Å². The first-order valence-corrected chi connectivity index (χ1v) is 8.55. The molecular weight excluding hydrogens is 317 g/mol. The van der Waals surface area contributed by atoms with Gasteiger partial charge in [0, 0.05) is 43.2 Å². The largest absolute Gasteiger partial charge is 0.349 e. The van der Waals surface area contributed by atoms with Crippen LogP contribution in [0.5, 0.6) is 0 Å². The van der Waals surface area contributed by atoms with Crippen LogP contribution in [0.2, 0.25) is 0 Å². The van der Waals surface area contributed by atoms with Crippen LogP contribution in [0.25, 0.3) is 6.08 Å². The van der Waals surface area contributed by atoms with Gasteiger partial charge in [-0.1, -0.05) is 24.3 Å². The molecule has 2 heterocycles. The molecule has 1 aliphatic heterocycles. The second-order valence-electron chi connectivity index (χ2n) is 6.29. The molecule has 4 nitrogen and oxygen atoms in total. The van der Waals surface area contributed by atoms with Crippen molar-refractivity contribution in [2.24, 2.45) is 0 Å². The standard InChI is InChI=1S/C20H22FN3O/c21-19-8-2-1-6-17(19)14-24-12-4-7-18(15-24)23-20(25)10-9-16-5-3-11-22-13-16/h1-3,5-6,8-11,13,18H,4,7,12,14-15H2,(H,23,25). The molecule has 1 saturated heterocycles. The smallest absolute Gasteiger partial charge is 0.244 e. The van der Waals surface area contributed by atoms with E-state index < -0.39 is 0 Å². The Labute approximate surface area is 147 Å². The minimum Gasteiger partial charge on any atom is -0.349 e. The Hall–Kier alpha value is -2.53.